The zero-order valence-electron chi connectivity index (χ0n) is 20.1. The quantitative estimate of drug-likeness (QED) is 0.306. The molecule has 32 heavy (non-hydrogen) atoms. The molecule has 0 fully saturated rings. The van der Waals surface area contributed by atoms with Crippen molar-refractivity contribution in [3.05, 3.63) is 29.6 Å². The zero-order chi connectivity index (χ0) is 23.3. The lowest BCUT2D eigenvalue weighted by molar-refractivity contribution is -0.120. The van der Waals surface area contributed by atoms with Gasteiger partial charge in [0, 0.05) is 19.5 Å². The predicted octanol–water partition coefficient (Wildman–Crippen LogP) is 4.67. The molecule has 1 amide bonds. The minimum atomic E-state index is -0.243. The number of nitrogens with one attached hydrogen (secondary N) is 1. The van der Waals surface area contributed by atoms with Crippen LogP contribution in [0.15, 0.2) is 23.4 Å². The zero-order valence-corrected chi connectivity index (χ0v) is 21.0. The van der Waals surface area contributed by atoms with Crippen molar-refractivity contribution < 1.29 is 14.3 Å². The predicted molar refractivity (Wildman–Crippen MR) is 130 cm³/mol. The summed E-state index contributed by atoms with van der Waals surface area (Å²) >= 11 is 1.47. The third-order valence-corrected chi connectivity index (χ3v) is 6.51. The molecule has 1 aromatic heterocycles. The number of aromatic nitrogens is 3. The van der Waals surface area contributed by atoms with E-state index in [0.717, 1.165) is 42.4 Å². The van der Waals surface area contributed by atoms with Crippen LogP contribution >= 0.6 is 11.8 Å². The van der Waals surface area contributed by atoms with Gasteiger partial charge in [0.05, 0.1) is 19.5 Å². The topological polar surface area (TPSA) is 78.3 Å². The number of nitrogens with zero attached hydrogens (tertiary/aromatic N) is 3. The van der Waals surface area contributed by atoms with Crippen LogP contribution in [0.1, 0.15) is 64.3 Å². The van der Waals surface area contributed by atoms with Crippen molar-refractivity contribution in [1.29, 1.82) is 0 Å². The van der Waals surface area contributed by atoms with E-state index in [1.54, 1.807) is 14.2 Å². The number of aryl methyl sites for hydroxylation is 1. The number of ether oxygens (including phenoxy) is 2. The molecule has 1 aromatic carbocycles. The first-order chi connectivity index (χ1) is 15.5. The fraction of sp³-hybridized carbons (Fsp3) is 0.625. The molecule has 0 bridgehead atoms. The summed E-state index contributed by atoms with van der Waals surface area (Å²) in [6, 6.07) is 5.81. The number of amides is 1. The molecule has 7 nitrogen and oxygen atoms in total. The molecule has 1 atom stereocenters. The molecule has 0 radical (unpaired) electrons. The van der Waals surface area contributed by atoms with Gasteiger partial charge in [0.15, 0.2) is 16.7 Å². The van der Waals surface area contributed by atoms with Gasteiger partial charge < -0.3 is 19.4 Å². The van der Waals surface area contributed by atoms with E-state index in [2.05, 4.69) is 33.9 Å². The highest BCUT2D eigenvalue weighted by Crippen LogP contribution is 2.27. The van der Waals surface area contributed by atoms with E-state index in [0.29, 0.717) is 18.0 Å². The van der Waals surface area contributed by atoms with Crippen molar-refractivity contribution in [2.45, 2.75) is 82.7 Å². The molecule has 8 heteroatoms. The van der Waals surface area contributed by atoms with E-state index >= 15 is 0 Å². The molecule has 2 aromatic rings. The van der Waals surface area contributed by atoms with Crippen molar-refractivity contribution in [2.24, 2.45) is 0 Å². The first kappa shape index (κ1) is 26.0. The molecular weight excluding hydrogens is 424 g/mol. The van der Waals surface area contributed by atoms with Crippen LogP contribution in [0.3, 0.4) is 0 Å². The van der Waals surface area contributed by atoms with Gasteiger partial charge >= 0.3 is 0 Å². The largest absolute Gasteiger partial charge is 0.493 e. The Kier molecular flexibility index (Phi) is 11.4. The minimum absolute atomic E-state index is 0.00208. The second kappa shape index (κ2) is 14.0. The first-order valence-electron chi connectivity index (χ1n) is 11.6. The van der Waals surface area contributed by atoms with E-state index in [9.17, 15) is 4.79 Å². The molecule has 0 saturated heterocycles. The Morgan fingerprint density at radius 1 is 1.06 bits per heavy atom. The summed E-state index contributed by atoms with van der Waals surface area (Å²) in [6.45, 7) is 7.61. The van der Waals surface area contributed by atoms with Gasteiger partial charge in [0.1, 0.15) is 5.82 Å². The Balaban J connectivity index is 1.83. The Hall–Kier alpha value is -2.22. The molecule has 0 aliphatic carbocycles. The number of hydrogen-bond donors (Lipinski definition) is 1. The fourth-order valence-electron chi connectivity index (χ4n) is 3.52. The number of carbonyl (C=O) groups is 1. The van der Waals surface area contributed by atoms with E-state index in [-0.39, 0.29) is 11.2 Å². The van der Waals surface area contributed by atoms with Crippen molar-refractivity contribution in [3.8, 4) is 11.5 Å². The highest BCUT2D eigenvalue weighted by Gasteiger charge is 2.19. The van der Waals surface area contributed by atoms with Gasteiger partial charge in [-0.1, -0.05) is 50.4 Å². The third kappa shape index (κ3) is 7.73. The summed E-state index contributed by atoms with van der Waals surface area (Å²) in [5, 5.41) is 12.3. The van der Waals surface area contributed by atoms with Gasteiger partial charge in [-0.3, -0.25) is 4.79 Å². The van der Waals surface area contributed by atoms with Crippen LogP contribution in [0, 0.1) is 0 Å². The summed E-state index contributed by atoms with van der Waals surface area (Å²) < 4.78 is 12.7. The third-order valence-electron chi connectivity index (χ3n) is 5.43. The van der Waals surface area contributed by atoms with Crippen LogP contribution in [-0.2, 0) is 24.2 Å². The number of unbranched alkanes of at least 4 members (excludes halogenated alkanes) is 4. The van der Waals surface area contributed by atoms with Gasteiger partial charge in [-0.25, -0.2) is 0 Å². The van der Waals surface area contributed by atoms with Gasteiger partial charge in [0.25, 0.3) is 0 Å². The maximum absolute atomic E-state index is 12.6. The van der Waals surface area contributed by atoms with Crippen molar-refractivity contribution in [1.82, 2.24) is 20.1 Å². The monoisotopic (exact) mass is 462 g/mol. The lowest BCUT2D eigenvalue weighted by Crippen LogP contribution is -2.32. The van der Waals surface area contributed by atoms with Crippen LogP contribution in [0.5, 0.6) is 11.5 Å². The number of benzene rings is 1. The Morgan fingerprint density at radius 2 is 1.81 bits per heavy atom. The number of methoxy groups -OCH3 is 2. The maximum Gasteiger partial charge on any atom is 0.233 e. The first-order valence-corrected chi connectivity index (χ1v) is 12.5. The molecule has 0 aliphatic rings. The van der Waals surface area contributed by atoms with Crippen LogP contribution in [0.25, 0.3) is 0 Å². The molecule has 2 rings (SSSR count). The number of hydrogen-bond acceptors (Lipinski definition) is 6. The lowest BCUT2D eigenvalue weighted by atomic mass is 10.1. The van der Waals surface area contributed by atoms with Gasteiger partial charge in [0.2, 0.25) is 5.91 Å². The molecule has 1 N–H and O–H groups in total. The Bertz CT molecular complexity index is 841. The smallest absolute Gasteiger partial charge is 0.233 e. The summed E-state index contributed by atoms with van der Waals surface area (Å²) in [5.74, 6) is 2.42. The van der Waals surface area contributed by atoms with Gasteiger partial charge in [-0.05, 0) is 44.4 Å². The molecule has 0 unspecified atom stereocenters. The van der Waals surface area contributed by atoms with Crippen molar-refractivity contribution >= 4 is 17.7 Å². The number of rotatable bonds is 15. The molecule has 0 saturated carbocycles. The average molecular weight is 463 g/mol. The maximum atomic E-state index is 12.6. The van der Waals surface area contributed by atoms with Crippen molar-refractivity contribution in [2.75, 3.05) is 20.8 Å². The van der Waals surface area contributed by atoms with E-state index in [1.807, 2.05) is 25.1 Å². The van der Waals surface area contributed by atoms with E-state index < -0.39 is 0 Å². The van der Waals surface area contributed by atoms with Gasteiger partial charge in [-0.2, -0.15) is 0 Å². The lowest BCUT2D eigenvalue weighted by Gasteiger charge is -2.13. The van der Waals surface area contributed by atoms with Crippen LogP contribution < -0.4 is 14.8 Å². The standard InChI is InChI=1S/C24H38N4O3S/c1-6-8-9-10-11-12-22-26-27-24(28(22)7-2)32-18(3)23(29)25-16-15-19-13-14-20(30-4)21(17-19)31-5/h13-14,17-18H,6-12,15-16H2,1-5H3,(H,25,29)/t18-/m0/s1. The summed E-state index contributed by atoms with van der Waals surface area (Å²) in [6.07, 6.45) is 7.84. The summed E-state index contributed by atoms with van der Waals surface area (Å²) in [5.41, 5.74) is 1.08. The normalized spacial score (nSPS) is 11.9. The van der Waals surface area contributed by atoms with E-state index in [1.165, 1.54) is 37.4 Å². The molecule has 0 spiro atoms. The van der Waals surface area contributed by atoms with Gasteiger partial charge in [-0.15, -0.1) is 10.2 Å². The minimum Gasteiger partial charge on any atom is -0.493 e. The number of thioether (sulfide) groups is 1. The van der Waals surface area contributed by atoms with E-state index in [4.69, 9.17) is 9.47 Å². The number of carbonyl (C=O) groups excluding carboxylic acids is 1. The van der Waals surface area contributed by atoms with Crippen LogP contribution in [0.4, 0.5) is 0 Å². The Labute approximate surface area is 196 Å². The fourth-order valence-corrected chi connectivity index (χ4v) is 4.47. The second-order valence-corrected chi connectivity index (χ2v) is 9.11. The average Bonchev–Trinajstić information content (AvgIpc) is 3.19. The van der Waals surface area contributed by atoms with Crippen LogP contribution in [0.2, 0.25) is 0 Å². The van der Waals surface area contributed by atoms with Crippen molar-refractivity contribution in [3.63, 3.8) is 0 Å². The molecule has 1 heterocycles. The highest BCUT2D eigenvalue weighted by molar-refractivity contribution is 8.00. The summed E-state index contributed by atoms with van der Waals surface area (Å²) in [4.78, 5) is 12.6. The highest BCUT2D eigenvalue weighted by atomic mass is 32.2. The summed E-state index contributed by atoms with van der Waals surface area (Å²) in [7, 11) is 3.24. The Morgan fingerprint density at radius 3 is 2.50 bits per heavy atom. The SMILES string of the molecule is CCCCCCCc1nnc(S[C@@H](C)C(=O)NCCc2ccc(OC)c(OC)c2)n1CC. The second-order valence-electron chi connectivity index (χ2n) is 7.80. The molecular formula is C24H38N4O3S. The van der Waals surface area contributed by atoms with Crippen LogP contribution in [-0.4, -0.2) is 46.7 Å². The molecule has 178 valence electrons. The molecule has 0 aliphatic heterocycles.